The molecule has 0 saturated heterocycles. The highest BCUT2D eigenvalue weighted by atomic mass is 35.5. The van der Waals surface area contributed by atoms with E-state index in [9.17, 15) is 30.0 Å². The van der Waals surface area contributed by atoms with Crippen molar-refractivity contribution in [1.29, 1.82) is 0 Å². The molecule has 0 atom stereocenters. The van der Waals surface area contributed by atoms with E-state index < -0.39 is 17.9 Å². The molecule has 4 N–H and O–H groups in total. The third-order valence-corrected chi connectivity index (χ3v) is 5.33. The van der Waals surface area contributed by atoms with Gasteiger partial charge in [0.25, 0.3) is 0 Å². The molecular formula is C23H19ClO6. The van der Waals surface area contributed by atoms with Crippen LogP contribution < -0.4 is 0 Å². The number of halogens is 1. The Morgan fingerprint density at radius 2 is 1.23 bits per heavy atom. The third-order valence-electron chi connectivity index (χ3n) is 4.99. The van der Waals surface area contributed by atoms with E-state index in [2.05, 4.69) is 0 Å². The summed E-state index contributed by atoms with van der Waals surface area (Å²) in [5.41, 5.74) is 1.83. The molecule has 0 fully saturated rings. The van der Waals surface area contributed by atoms with Crippen LogP contribution in [0.3, 0.4) is 0 Å². The van der Waals surface area contributed by atoms with E-state index in [1.807, 2.05) is 0 Å². The summed E-state index contributed by atoms with van der Waals surface area (Å²) in [5, 5.41) is 39.7. The molecule has 6 nitrogen and oxygen atoms in total. The van der Waals surface area contributed by atoms with E-state index in [1.54, 1.807) is 50.2 Å². The van der Waals surface area contributed by atoms with Crippen molar-refractivity contribution >= 4 is 23.5 Å². The Morgan fingerprint density at radius 1 is 0.800 bits per heavy atom. The Hall–Kier alpha value is -3.51. The molecule has 0 aromatic heterocycles. The molecule has 0 amide bonds. The van der Waals surface area contributed by atoms with E-state index in [1.165, 1.54) is 12.1 Å². The van der Waals surface area contributed by atoms with Gasteiger partial charge < -0.3 is 20.4 Å². The second-order valence-electron chi connectivity index (χ2n) is 7.03. The van der Waals surface area contributed by atoms with Crippen LogP contribution in [0.2, 0.25) is 5.02 Å². The Bertz CT molecular complexity index is 1100. The van der Waals surface area contributed by atoms with Crippen LogP contribution >= 0.6 is 11.6 Å². The first-order chi connectivity index (χ1) is 14.1. The molecule has 0 aliphatic carbocycles. The lowest BCUT2D eigenvalue weighted by molar-refractivity contribution is 0.0682. The summed E-state index contributed by atoms with van der Waals surface area (Å²) in [6, 6.07) is 12.9. The second kappa shape index (κ2) is 8.08. The number of carboxylic acid groups (broad SMARTS) is 2. The molecule has 0 heterocycles. The van der Waals surface area contributed by atoms with Crippen molar-refractivity contribution < 1.29 is 30.0 Å². The minimum atomic E-state index is -1.29. The van der Waals surface area contributed by atoms with E-state index in [0.29, 0.717) is 32.8 Å². The van der Waals surface area contributed by atoms with Gasteiger partial charge in [0.15, 0.2) is 0 Å². The number of benzene rings is 3. The van der Waals surface area contributed by atoms with Crippen LogP contribution in [0.1, 0.15) is 54.5 Å². The topological polar surface area (TPSA) is 115 Å². The number of carbonyl (C=O) groups is 2. The van der Waals surface area contributed by atoms with Crippen LogP contribution in [0.4, 0.5) is 0 Å². The highest BCUT2D eigenvalue weighted by Crippen LogP contribution is 2.40. The van der Waals surface area contributed by atoms with Crippen molar-refractivity contribution in [2.75, 3.05) is 0 Å². The fraction of sp³-hybridized carbons (Fsp3) is 0.130. The first kappa shape index (κ1) is 21.2. The van der Waals surface area contributed by atoms with Gasteiger partial charge in [0.05, 0.1) is 0 Å². The predicted octanol–water partition coefficient (Wildman–Crippen LogP) is 4.94. The normalized spacial score (nSPS) is 10.9. The molecule has 3 aromatic rings. The fourth-order valence-corrected chi connectivity index (χ4v) is 3.78. The fourth-order valence-electron chi connectivity index (χ4n) is 3.54. The smallest absolute Gasteiger partial charge is 0.339 e. The van der Waals surface area contributed by atoms with Crippen LogP contribution in [-0.2, 0) is 0 Å². The van der Waals surface area contributed by atoms with Crippen molar-refractivity contribution in [3.63, 3.8) is 0 Å². The zero-order chi connectivity index (χ0) is 22.2. The van der Waals surface area contributed by atoms with Crippen molar-refractivity contribution in [3.05, 3.63) is 92.5 Å². The quantitative estimate of drug-likeness (QED) is 0.429. The van der Waals surface area contributed by atoms with Gasteiger partial charge in [0.1, 0.15) is 22.6 Å². The summed E-state index contributed by atoms with van der Waals surface area (Å²) in [6.45, 7) is 3.17. The second-order valence-corrected chi connectivity index (χ2v) is 7.44. The van der Waals surface area contributed by atoms with Gasteiger partial charge in [0.2, 0.25) is 0 Å². The summed E-state index contributed by atoms with van der Waals surface area (Å²) in [4.78, 5) is 23.3. The molecule has 3 rings (SSSR count). The largest absolute Gasteiger partial charge is 0.507 e. The Labute approximate surface area is 177 Å². The summed E-state index contributed by atoms with van der Waals surface area (Å²) < 4.78 is 0. The van der Waals surface area contributed by atoms with Crippen molar-refractivity contribution in [3.8, 4) is 11.5 Å². The number of hydrogen-bond donors (Lipinski definition) is 4. The van der Waals surface area contributed by atoms with Crippen molar-refractivity contribution in [2.45, 2.75) is 19.8 Å². The van der Waals surface area contributed by atoms with Crippen molar-refractivity contribution in [2.24, 2.45) is 0 Å². The highest BCUT2D eigenvalue weighted by Gasteiger charge is 2.25. The predicted molar refractivity (Wildman–Crippen MR) is 112 cm³/mol. The lowest BCUT2D eigenvalue weighted by Crippen LogP contribution is -2.09. The van der Waals surface area contributed by atoms with Crippen LogP contribution in [0.5, 0.6) is 11.5 Å². The maximum atomic E-state index is 11.6. The zero-order valence-electron chi connectivity index (χ0n) is 16.2. The molecule has 0 saturated carbocycles. The van der Waals surface area contributed by atoms with E-state index in [0.717, 1.165) is 0 Å². The minimum Gasteiger partial charge on any atom is -0.507 e. The summed E-state index contributed by atoms with van der Waals surface area (Å²) >= 11 is 6.43. The Morgan fingerprint density at radius 3 is 1.63 bits per heavy atom. The molecule has 3 aromatic carbocycles. The van der Waals surface area contributed by atoms with E-state index in [-0.39, 0.29) is 22.6 Å². The van der Waals surface area contributed by atoms with Crippen LogP contribution in [0.15, 0.2) is 48.5 Å². The average molecular weight is 427 g/mol. The first-order valence-electron chi connectivity index (χ1n) is 8.99. The molecule has 7 heteroatoms. The number of phenols is 2. The van der Waals surface area contributed by atoms with Gasteiger partial charge in [-0.2, -0.15) is 0 Å². The number of rotatable bonds is 5. The van der Waals surface area contributed by atoms with Crippen molar-refractivity contribution in [1.82, 2.24) is 0 Å². The SMILES string of the molecule is Cc1cc(C(c2cc(C)c(O)c(C(=O)O)c2)c2ccccc2Cl)cc(C(=O)O)c1O. The zero-order valence-corrected chi connectivity index (χ0v) is 16.9. The lowest BCUT2D eigenvalue weighted by atomic mass is 9.82. The molecule has 0 radical (unpaired) electrons. The number of aryl methyl sites for hydroxylation is 2. The van der Waals surface area contributed by atoms with Gasteiger partial charge in [0, 0.05) is 10.9 Å². The van der Waals surface area contributed by atoms with Crippen LogP contribution in [0.25, 0.3) is 0 Å². The van der Waals surface area contributed by atoms with Gasteiger partial charge in [-0.25, -0.2) is 9.59 Å². The molecule has 0 aliphatic heterocycles. The molecule has 30 heavy (non-hydrogen) atoms. The lowest BCUT2D eigenvalue weighted by Gasteiger charge is -2.23. The van der Waals surface area contributed by atoms with Crippen LogP contribution in [-0.4, -0.2) is 32.4 Å². The number of hydrogen-bond acceptors (Lipinski definition) is 4. The van der Waals surface area contributed by atoms with Gasteiger partial charge >= 0.3 is 11.9 Å². The maximum absolute atomic E-state index is 11.6. The Balaban J connectivity index is 2.37. The number of carboxylic acids is 2. The minimum absolute atomic E-state index is 0.268. The summed E-state index contributed by atoms with van der Waals surface area (Å²) in [6.07, 6.45) is 0. The Kier molecular flexibility index (Phi) is 5.71. The first-order valence-corrected chi connectivity index (χ1v) is 9.37. The summed E-state index contributed by atoms with van der Waals surface area (Å²) in [5.74, 6) is -3.88. The van der Waals surface area contributed by atoms with Gasteiger partial charge in [-0.3, -0.25) is 0 Å². The molecule has 154 valence electrons. The van der Waals surface area contributed by atoms with E-state index in [4.69, 9.17) is 11.6 Å². The van der Waals surface area contributed by atoms with Crippen LogP contribution in [0, 0.1) is 13.8 Å². The molecule has 0 spiro atoms. The molecule has 0 unspecified atom stereocenters. The van der Waals surface area contributed by atoms with E-state index >= 15 is 0 Å². The van der Waals surface area contributed by atoms with Gasteiger partial charge in [-0.05, 0) is 59.9 Å². The number of aromatic hydroxyl groups is 2. The van der Waals surface area contributed by atoms with Gasteiger partial charge in [-0.1, -0.05) is 41.9 Å². The standard InChI is InChI=1S/C23H19ClO6/c1-11-7-13(9-16(20(11)25)22(27)28)19(15-5-3-4-6-18(15)24)14-8-12(2)21(26)17(10-14)23(29)30/h3-10,19,25-26H,1-2H3,(H,27,28)(H,29,30). The monoisotopic (exact) mass is 426 g/mol. The highest BCUT2D eigenvalue weighted by molar-refractivity contribution is 6.31. The molecule has 0 aliphatic rings. The third kappa shape index (κ3) is 3.82. The molecular weight excluding hydrogens is 408 g/mol. The maximum Gasteiger partial charge on any atom is 0.339 e. The summed E-state index contributed by atoms with van der Waals surface area (Å²) in [7, 11) is 0. The number of aromatic carboxylic acids is 2. The molecule has 0 bridgehead atoms. The van der Waals surface area contributed by atoms with Gasteiger partial charge in [-0.15, -0.1) is 0 Å². The average Bonchev–Trinajstić information content (AvgIpc) is 2.68.